The molecule has 0 aromatic heterocycles. The topological polar surface area (TPSA) is 59.6 Å². The van der Waals surface area contributed by atoms with Gasteiger partial charge < -0.3 is 20.1 Å². The van der Waals surface area contributed by atoms with Crippen LogP contribution in [0.15, 0.2) is 48.5 Å². The number of halogens is 1. The van der Waals surface area contributed by atoms with Gasteiger partial charge in [-0.3, -0.25) is 0 Å². The molecule has 2 aromatic carbocycles. The lowest BCUT2D eigenvalue weighted by Crippen LogP contribution is -2.32. The van der Waals surface area contributed by atoms with Gasteiger partial charge in [0, 0.05) is 19.3 Å². The molecule has 0 aliphatic heterocycles. The normalized spacial score (nSPS) is 11.7. The predicted octanol–water partition coefficient (Wildman–Crippen LogP) is 4.51. The Bertz CT molecular complexity index is 692. The summed E-state index contributed by atoms with van der Waals surface area (Å²) in [6, 6.07) is 13.0. The Morgan fingerprint density at radius 1 is 1.19 bits per heavy atom. The molecule has 2 N–H and O–H groups in total. The minimum Gasteiger partial charge on any atom is -0.494 e. The summed E-state index contributed by atoms with van der Waals surface area (Å²) < 4.78 is 24.2. The van der Waals surface area contributed by atoms with Gasteiger partial charge in [-0.1, -0.05) is 25.5 Å². The zero-order valence-electron chi connectivity index (χ0n) is 15.1. The largest absolute Gasteiger partial charge is 0.494 e. The smallest absolute Gasteiger partial charge is 0.319 e. The van der Waals surface area contributed by atoms with Crippen molar-refractivity contribution >= 4 is 11.7 Å². The van der Waals surface area contributed by atoms with E-state index in [0.29, 0.717) is 17.9 Å². The monoisotopic (exact) mass is 360 g/mol. The average molecular weight is 360 g/mol. The van der Waals surface area contributed by atoms with Crippen molar-refractivity contribution in [3.63, 3.8) is 0 Å². The fourth-order valence-corrected chi connectivity index (χ4v) is 2.37. The van der Waals surface area contributed by atoms with Crippen LogP contribution in [-0.4, -0.2) is 26.3 Å². The van der Waals surface area contributed by atoms with Crippen molar-refractivity contribution in [2.24, 2.45) is 0 Å². The van der Waals surface area contributed by atoms with Crippen LogP contribution in [0.3, 0.4) is 0 Å². The van der Waals surface area contributed by atoms with Crippen molar-refractivity contribution in [3.05, 3.63) is 59.9 Å². The Morgan fingerprint density at radius 3 is 2.62 bits per heavy atom. The summed E-state index contributed by atoms with van der Waals surface area (Å²) in [6.45, 7) is 3.02. The molecule has 2 aromatic rings. The molecule has 26 heavy (non-hydrogen) atoms. The number of rotatable bonds is 9. The number of anilines is 1. The summed E-state index contributed by atoms with van der Waals surface area (Å²) in [6.07, 6.45) is 1.66. The van der Waals surface area contributed by atoms with Gasteiger partial charge in [-0.2, -0.15) is 0 Å². The molecule has 0 unspecified atom stereocenters. The van der Waals surface area contributed by atoms with Crippen molar-refractivity contribution in [2.45, 2.75) is 25.9 Å². The van der Waals surface area contributed by atoms with Crippen LogP contribution in [-0.2, 0) is 4.74 Å². The maximum atomic E-state index is 13.3. The summed E-state index contributed by atoms with van der Waals surface area (Å²) >= 11 is 0. The van der Waals surface area contributed by atoms with Gasteiger partial charge >= 0.3 is 6.03 Å². The van der Waals surface area contributed by atoms with Crippen LogP contribution in [0, 0.1) is 5.82 Å². The first-order valence-electron chi connectivity index (χ1n) is 8.68. The molecule has 0 radical (unpaired) electrons. The lowest BCUT2D eigenvalue weighted by Gasteiger charge is -2.17. The second-order valence-electron chi connectivity index (χ2n) is 5.84. The standard InChI is InChI=1S/C20H25FN2O3/c1-3-4-12-26-18-10-8-17(9-11-18)23-20(24)22-14-19(25-2)15-6-5-7-16(21)13-15/h5-11,13,19H,3-4,12,14H2,1-2H3,(H2,22,23,24)/t19-/m1/s1. The Hall–Kier alpha value is -2.60. The van der Waals surface area contributed by atoms with Crippen LogP contribution in [0.1, 0.15) is 31.4 Å². The summed E-state index contributed by atoms with van der Waals surface area (Å²) in [5.74, 6) is 0.435. The number of amides is 2. The fraction of sp³-hybridized carbons (Fsp3) is 0.350. The summed E-state index contributed by atoms with van der Waals surface area (Å²) in [5, 5.41) is 5.47. The van der Waals surface area contributed by atoms with Gasteiger partial charge in [0.1, 0.15) is 11.6 Å². The van der Waals surface area contributed by atoms with Crippen molar-refractivity contribution in [1.82, 2.24) is 5.32 Å². The van der Waals surface area contributed by atoms with E-state index in [9.17, 15) is 9.18 Å². The van der Waals surface area contributed by atoms with Crippen molar-refractivity contribution in [1.29, 1.82) is 0 Å². The van der Waals surface area contributed by atoms with Crippen molar-refractivity contribution in [3.8, 4) is 5.75 Å². The van der Waals surface area contributed by atoms with Crippen molar-refractivity contribution in [2.75, 3.05) is 25.6 Å². The third-order valence-electron chi connectivity index (χ3n) is 3.83. The van der Waals surface area contributed by atoms with Gasteiger partial charge in [-0.15, -0.1) is 0 Å². The zero-order chi connectivity index (χ0) is 18.8. The molecule has 5 nitrogen and oxygen atoms in total. The molecule has 0 aliphatic carbocycles. The molecule has 2 amide bonds. The molecule has 0 heterocycles. The number of ether oxygens (including phenoxy) is 2. The van der Waals surface area contributed by atoms with E-state index in [4.69, 9.17) is 9.47 Å². The van der Waals surface area contributed by atoms with Crippen LogP contribution < -0.4 is 15.4 Å². The minimum absolute atomic E-state index is 0.226. The van der Waals surface area contributed by atoms with Gasteiger partial charge in [0.25, 0.3) is 0 Å². The quantitative estimate of drug-likeness (QED) is 0.647. The number of carbonyl (C=O) groups is 1. The molecule has 140 valence electrons. The third kappa shape index (κ3) is 6.37. The minimum atomic E-state index is -0.425. The van der Waals surface area contributed by atoms with E-state index in [1.54, 1.807) is 24.3 Å². The highest BCUT2D eigenvalue weighted by molar-refractivity contribution is 5.89. The molecule has 0 saturated carbocycles. The van der Waals surface area contributed by atoms with Crippen molar-refractivity contribution < 1.29 is 18.7 Å². The first kappa shape index (κ1) is 19.7. The Labute approximate surface area is 153 Å². The summed E-state index contributed by atoms with van der Waals surface area (Å²) in [7, 11) is 1.52. The average Bonchev–Trinajstić information content (AvgIpc) is 2.64. The number of methoxy groups -OCH3 is 1. The highest BCUT2D eigenvalue weighted by Gasteiger charge is 2.13. The molecule has 0 fully saturated rings. The fourth-order valence-electron chi connectivity index (χ4n) is 2.37. The molecule has 1 atom stereocenters. The molecular weight excluding hydrogens is 335 g/mol. The Morgan fingerprint density at radius 2 is 1.96 bits per heavy atom. The van der Waals surface area contributed by atoms with Crippen LogP contribution in [0.25, 0.3) is 0 Å². The molecule has 0 spiro atoms. The number of hydrogen-bond acceptors (Lipinski definition) is 3. The number of hydrogen-bond donors (Lipinski definition) is 2. The Kier molecular flexibility index (Phi) is 7.89. The van der Waals surface area contributed by atoms with Crippen LogP contribution in [0.2, 0.25) is 0 Å². The van der Waals surface area contributed by atoms with E-state index in [0.717, 1.165) is 18.6 Å². The lowest BCUT2D eigenvalue weighted by atomic mass is 10.1. The van der Waals surface area contributed by atoms with E-state index < -0.39 is 6.10 Å². The Balaban J connectivity index is 1.82. The van der Waals surface area contributed by atoms with Crippen LogP contribution in [0.5, 0.6) is 5.75 Å². The molecular formula is C20H25FN2O3. The summed E-state index contributed by atoms with van der Waals surface area (Å²) in [4.78, 5) is 12.0. The highest BCUT2D eigenvalue weighted by atomic mass is 19.1. The van der Waals surface area contributed by atoms with Crippen LogP contribution in [0.4, 0.5) is 14.9 Å². The van der Waals surface area contributed by atoms with E-state index in [-0.39, 0.29) is 18.4 Å². The van der Waals surface area contributed by atoms with Gasteiger partial charge in [-0.05, 0) is 48.4 Å². The molecule has 0 aliphatic rings. The number of carbonyl (C=O) groups excluding carboxylic acids is 1. The van der Waals surface area contributed by atoms with Crippen LogP contribution >= 0.6 is 0 Å². The highest BCUT2D eigenvalue weighted by Crippen LogP contribution is 2.18. The van der Waals surface area contributed by atoms with E-state index in [2.05, 4.69) is 17.6 Å². The number of nitrogens with one attached hydrogen (secondary N) is 2. The van der Waals surface area contributed by atoms with Gasteiger partial charge in [0.2, 0.25) is 0 Å². The van der Waals surface area contributed by atoms with Gasteiger partial charge in [-0.25, -0.2) is 9.18 Å². The SMILES string of the molecule is CCCCOc1ccc(NC(=O)NC[C@@H](OC)c2cccc(F)c2)cc1. The molecule has 6 heteroatoms. The predicted molar refractivity (Wildman–Crippen MR) is 100 cm³/mol. The third-order valence-corrected chi connectivity index (χ3v) is 3.83. The van der Waals surface area contributed by atoms with Gasteiger partial charge in [0.05, 0.1) is 12.7 Å². The van der Waals surface area contributed by atoms with Gasteiger partial charge in [0.15, 0.2) is 0 Å². The second-order valence-corrected chi connectivity index (χ2v) is 5.84. The first-order chi connectivity index (χ1) is 12.6. The van der Waals surface area contributed by atoms with E-state index in [1.807, 2.05) is 12.1 Å². The maximum absolute atomic E-state index is 13.3. The summed E-state index contributed by atoms with van der Waals surface area (Å²) in [5.41, 5.74) is 1.33. The van der Waals surface area contributed by atoms with E-state index >= 15 is 0 Å². The number of urea groups is 1. The lowest BCUT2D eigenvalue weighted by molar-refractivity contribution is 0.104. The number of benzene rings is 2. The molecule has 2 rings (SSSR count). The first-order valence-corrected chi connectivity index (χ1v) is 8.68. The molecule has 0 bridgehead atoms. The maximum Gasteiger partial charge on any atom is 0.319 e. The number of unbranched alkanes of at least 4 members (excludes halogenated alkanes) is 1. The molecule has 0 saturated heterocycles. The zero-order valence-corrected chi connectivity index (χ0v) is 15.1. The second kappa shape index (κ2) is 10.4. The van der Waals surface area contributed by atoms with E-state index in [1.165, 1.54) is 19.2 Å².